The van der Waals surface area contributed by atoms with E-state index in [1.807, 2.05) is 31.4 Å². The number of anilines is 3. The largest absolute Gasteiger partial charge is 0.367 e. The molecule has 0 spiro atoms. The molecule has 0 saturated heterocycles. The molecule has 7 heteroatoms. The van der Waals surface area contributed by atoms with Crippen molar-refractivity contribution in [3.8, 4) is 0 Å². The first-order valence-electron chi connectivity index (χ1n) is 10.1. The Kier molecular flexibility index (Phi) is 4.42. The maximum absolute atomic E-state index is 12.6. The minimum atomic E-state index is -0.200. The number of H-pyrrole nitrogens is 1. The Morgan fingerprint density at radius 1 is 1.17 bits per heavy atom. The fraction of sp³-hybridized carbons (Fsp3) is 0.318. The summed E-state index contributed by atoms with van der Waals surface area (Å²) in [5.74, 6) is 1.27. The molecular formula is C22H24N6O. The highest BCUT2D eigenvalue weighted by Gasteiger charge is 2.17. The summed E-state index contributed by atoms with van der Waals surface area (Å²) in [6.07, 6.45) is 9.54. The number of aromatic nitrogens is 4. The summed E-state index contributed by atoms with van der Waals surface area (Å²) >= 11 is 0. The molecule has 1 saturated carbocycles. The van der Waals surface area contributed by atoms with Crippen LogP contribution in [-0.2, 0) is 7.05 Å². The average molecular weight is 388 g/mol. The Labute approximate surface area is 168 Å². The van der Waals surface area contributed by atoms with Gasteiger partial charge in [0.2, 0.25) is 0 Å². The van der Waals surface area contributed by atoms with E-state index in [1.165, 1.54) is 25.6 Å². The van der Waals surface area contributed by atoms with Gasteiger partial charge in [0.25, 0.3) is 5.56 Å². The van der Waals surface area contributed by atoms with Gasteiger partial charge in [-0.3, -0.25) is 4.79 Å². The Morgan fingerprint density at radius 2 is 2.03 bits per heavy atom. The van der Waals surface area contributed by atoms with Gasteiger partial charge >= 0.3 is 0 Å². The first kappa shape index (κ1) is 17.7. The van der Waals surface area contributed by atoms with Crippen molar-refractivity contribution in [2.75, 3.05) is 10.6 Å². The third-order valence-corrected chi connectivity index (χ3v) is 5.76. The zero-order valence-electron chi connectivity index (χ0n) is 16.4. The number of hydrogen-bond donors (Lipinski definition) is 3. The molecule has 3 heterocycles. The van der Waals surface area contributed by atoms with Crippen molar-refractivity contribution in [2.24, 2.45) is 7.05 Å². The van der Waals surface area contributed by atoms with E-state index in [0.717, 1.165) is 35.2 Å². The summed E-state index contributed by atoms with van der Waals surface area (Å²) < 4.78 is 2.07. The minimum Gasteiger partial charge on any atom is -0.367 e. The van der Waals surface area contributed by atoms with Crippen LogP contribution in [-0.4, -0.2) is 25.6 Å². The van der Waals surface area contributed by atoms with Crippen LogP contribution in [0.25, 0.3) is 21.8 Å². The van der Waals surface area contributed by atoms with Gasteiger partial charge in [-0.1, -0.05) is 25.3 Å². The number of aromatic amines is 1. The van der Waals surface area contributed by atoms with Crippen LogP contribution in [0.3, 0.4) is 0 Å². The Hall–Kier alpha value is -3.35. The van der Waals surface area contributed by atoms with Crippen LogP contribution in [0.1, 0.15) is 32.1 Å². The van der Waals surface area contributed by atoms with Gasteiger partial charge in [0.05, 0.1) is 11.8 Å². The van der Waals surface area contributed by atoms with Crippen molar-refractivity contribution in [1.29, 1.82) is 0 Å². The molecule has 3 N–H and O–H groups in total. The van der Waals surface area contributed by atoms with Gasteiger partial charge in [-0.15, -0.1) is 0 Å². The molecule has 29 heavy (non-hydrogen) atoms. The lowest BCUT2D eigenvalue weighted by Crippen LogP contribution is -2.23. The van der Waals surface area contributed by atoms with Crippen molar-refractivity contribution < 1.29 is 0 Å². The molecule has 0 unspecified atom stereocenters. The zero-order valence-corrected chi connectivity index (χ0v) is 16.4. The number of rotatable bonds is 4. The van der Waals surface area contributed by atoms with Crippen LogP contribution in [0.2, 0.25) is 0 Å². The quantitative estimate of drug-likeness (QED) is 0.485. The normalized spacial score (nSPS) is 15.1. The van der Waals surface area contributed by atoms with Gasteiger partial charge in [0.15, 0.2) is 0 Å². The summed E-state index contributed by atoms with van der Waals surface area (Å²) in [6, 6.07) is 10.4. The predicted molar refractivity (Wildman–Crippen MR) is 117 cm³/mol. The fourth-order valence-corrected chi connectivity index (χ4v) is 4.25. The number of nitrogens with zero attached hydrogens (tertiary/aromatic N) is 3. The van der Waals surface area contributed by atoms with Gasteiger partial charge in [-0.05, 0) is 31.0 Å². The van der Waals surface area contributed by atoms with Gasteiger partial charge < -0.3 is 20.2 Å². The molecule has 5 rings (SSSR count). The molecule has 1 aromatic carbocycles. The molecule has 1 aliphatic carbocycles. The first-order valence-corrected chi connectivity index (χ1v) is 10.1. The molecule has 1 fully saturated rings. The van der Waals surface area contributed by atoms with Crippen molar-refractivity contribution in [3.63, 3.8) is 0 Å². The monoisotopic (exact) mass is 388 g/mol. The van der Waals surface area contributed by atoms with E-state index in [4.69, 9.17) is 4.98 Å². The van der Waals surface area contributed by atoms with Gasteiger partial charge in [-0.25, -0.2) is 9.97 Å². The molecule has 148 valence electrons. The smallest absolute Gasteiger partial charge is 0.262 e. The highest BCUT2D eigenvalue weighted by Crippen LogP contribution is 2.30. The number of hydrogen-bond acceptors (Lipinski definition) is 5. The second kappa shape index (κ2) is 7.24. The van der Waals surface area contributed by atoms with E-state index in [-0.39, 0.29) is 5.56 Å². The lowest BCUT2D eigenvalue weighted by molar-refractivity contribution is 0.462. The highest BCUT2D eigenvalue weighted by atomic mass is 16.1. The molecule has 3 aromatic heterocycles. The molecule has 0 amide bonds. The average Bonchev–Trinajstić information content (AvgIpc) is 3.11. The summed E-state index contributed by atoms with van der Waals surface area (Å²) in [4.78, 5) is 24.4. The van der Waals surface area contributed by atoms with Crippen LogP contribution >= 0.6 is 0 Å². The lowest BCUT2D eigenvalue weighted by atomic mass is 9.95. The van der Waals surface area contributed by atoms with Crippen molar-refractivity contribution in [1.82, 2.24) is 19.5 Å². The first-order chi connectivity index (χ1) is 14.2. The summed E-state index contributed by atoms with van der Waals surface area (Å²) in [7, 11) is 2.02. The molecule has 1 aliphatic rings. The predicted octanol–water partition coefficient (Wildman–Crippen LogP) is 4.30. The fourth-order valence-electron chi connectivity index (χ4n) is 4.25. The van der Waals surface area contributed by atoms with Crippen molar-refractivity contribution >= 4 is 39.1 Å². The molecule has 4 aromatic rings. The molecule has 0 aliphatic heterocycles. The maximum atomic E-state index is 12.6. The Bertz CT molecular complexity index is 1240. The lowest BCUT2D eigenvalue weighted by Gasteiger charge is -2.23. The van der Waals surface area contributed by atoms with E-state index in [1.54, 1.807) is 0 Å². The molecule has 0 atom stereocenters. The highest BCUT2D eigenvalue weighted by molar-refractivity contribution is 5.98. The number of pyridine rings is 1. The van der Waals surface area contributed by atoms with Gasteiger partial charge in [0, 0.05) is 41.9 Å². The molecule has 0 radical (unpaired) electrons. The number of nitrogens with one attached hydrogen (secondary N) is 3. The molecule has 7 nitrogen and oxygen atoms in total. The van der Waals surface area contributed by atoms with E-state index >= 15 is 0 Å². The summed E-state index contributed by atoms with van der Waals surface area (Å²) in [5, 5.41) is 8.50. The number of fused-ring (bicyclic) bond motifs is 2. The van der Waals surface area contributed by atoms with Crippen molar-refractivity contribution in [3.05, 3.63) is 53.2 Å². The zero-order chi connectivity index (χ0) is 19.8. The maximum Gasteiger partial charge on any atom is 0.262 e. The molecular weight excluding hydrogens is 364 g/mol. The Balaban J connectivity index is 1.59. The van der Waals surface area contributed by atoms with Crippen LogP contribution in [0, 0.1) is 0 Å². The Morgan fingerprint density at radius 3 is 2.90 bits per heavy atom. The second-order valence-electron chi connectivity index (χ2n) is 7.75. The summed E-state index contributed by atoms with van der Waals surface area (Å²) in [5.41, 5.74) is 2.46. The molecule has 0 bridgehead atoms. The van der Waals surface area contributed by atoms with Crippen LogP contribution < -0.4 is 16.2 Å². The second-order valence-corrected chi connectivity index (χ2v) is 7.75. The van der Waals surface area contributed by atoms with E-state index in [2.05, 4.69) is 37.3 Å². The van der Waals surface area contributed by atoms with Gasteiger partial charge in [-0.2, -0.15) is 0 Å². The summed E-state index contributed by atoms with van der Waals surface area (Å²) in [6.45, 7) is 0. The van der Waals surface area contributed by atoms with E-state index in [0.29, 0.717) is 22.8 Å². The van der Waals surface area contributed by atoms with Crippen LogP contribution in [0.4, 0.5) is 17.3 Å². The number of aryl methyl sites for hydroxylation is 1. The number of benzene rings is 1. The van der Waals surface area contributed by atoms with E-state index < -0.39 is 0 Å². The van der Waals surface area contributed by atoms with Crippen LogP contribution in [0.15, 0.2) is 47.7 Å². The minimum absolute atomic E-state index is 0.200. The van der Waals surface area contributed by atoms with Gasteiger partial charge in [0.1, 0.15) is 17.0 Å². The standard InChI is InChI=1S/C22H24N6O/c1-28-11-10-15-16(8-5-9-18(15)28)26-21-20-17(23-13-24-22(20)29)12-19(27-21)25-14-6-3-2-4-7-14/h5,8-14H,2-4,6-7H2,1H3,(H,23,24,29)(H2,25,26,27). The van der Waals surface area contributed by atoms with Crippen LogP contribution in [0.5, 0.6) is 0 Å². The van der Waals surface area contributed by atoms with E-state index in [9.17, 15) is 4.79 Å². The third-order valence-electron chi connectivity index (χ3n) is 5.76. The van der Waals surface area contributed by atoms with Crippen molar-refractivity contribution in [2.45, 2.75) is 38.1 Å². The topological polar surface area (TPSA) is 87.6 Å². The SMILES string of the molecule is Cn1ccc2c(Nc3nc(NC4CCCCC4)cc4nc[nH]c(=O)c34)cccc21. The third kappa shape index (κ3) is 3.33.